The molecule has 0 aliphatic carbocycles. The van der Waals surface area contributed by atoms with Crippen LogP contribution in [0.25, 0.3) is 11.2 Å². The van der Waals surface area contributed by atoms with Crippen LogP contribution in [0.4, 0.5) is 11.6 Å². The number of fused-ring (bicyclic) bond motifs is 3. The van der Waals surface area contributed by atoms with Crippen LogP contribution in [0.1, 0.15) is 12.0 Å². The van der Waals surface area contributed by atoms with Gasteiger partial charge in [-0.05, 0) is 36.2 Å². The molecule has 1 aliphatic rings. The number of hydrogen-bond acceptors (Lipinski definition) is 5. The molecule has 0 fully saturated rings. The maximum Gasteiger partial charge on any atom is 0.332 e. The molecule has 0 amide bonds. The number of benzene rings is 2. The minimum Gasteiger partial charge on any atom is -0.497 e. The summed E-state index contributed by atoms with van der Waals surface area (Å²) in [5, 5.41) is 0. The Morgan fingerprint density at radius 2 is 1.74 bits per heavy atom. The van der Waals surface area contributed by atoms with Crippen LogP contribution in [0.2, 0.25) is 0 Å². The second kappa shape index (κ2) is 7.46. The van der Waals surface area contributed by atoms with E-state index in [2.05, 4.69) is 4.90 Å². The molecule has 4 aromatic rings. The number of rotatable bonds is 4. The molecule has 0 saturated heterocycles. The van der Waals surface area contributed by atoms with E-state index in [1.54, 1.807) is 14.2 Å². The Balaban J connectivity index is 1.68. The fraction of sp³-hybridized carbons (Fsp3) is 0.261. The van der Waals surface area contributed by atoms with E-state index in [0.717, 1.165) is 30.0 Å². The molecular formula is C23H23N5O3. The Bertz CT molecular complexity index is 1370. The van der Waals surface area contributed by atoms with E-state index < -0.39 is 0 Å². The molecule has 8 heteroatoms. The number of nitrogens with zero attached hydrogens (tertiary/aromatic N) is 5. The second-order valence-electron chi connectivity index (χ2n) is 7.66. The summed E-state index contributed by atoms with van der Waals surface area (Å²) in [7, 11) is 3.30. The Labute approximate surface area is 178 Å². The molecule has 0 unspecified atom stereocenters. The van der Waals surface area contributed by atoms with E-state index in [1.807, 2.05) is 59.2 Å². The molecule has 158 valence electrons. The summed E-state index contributed by atoms with van der Waals surface area (Å²) in [6.45, 7) is 1.68. The van der Waals surface area contributed by atoms with Crippen molar-refractivity contribution in [3.05, 3.63) is 81.0 Å². The average molecular weight is 417 g/mol. The summed E-state index contributed by atoms with van der Waals surface area (Å²) in [5.74, 6) is 1.46. The third-order valence-corrected chi connectivity index (χ3v) is 5.78. The molecule has 2 aromatic heterocycles. The summed E-state index contributed by atoms with van der Waals surface area (Å²) in [4.78, 5) is 33.2. The van der Waals surface area contributed by atoms with Crippen LogP contribution < -0.4 is 20.9 Å². The van der Waals surface area contributed by atoms with Crippen molar-refractivity contribution in [2.24, 2.45) is 7.05 Å². The lowest BCUT2D eigenvalue weighted by Crippen LogP contribution is -2.40. The van der Waals surface area contributed by atoms with Crippen molar-refractivity contribution in [2.75, 3.05) is 18.6 Å². The van der Waals surface area contributed by atoms with Crippen LogP contribution in [0, 0.1) is 0 Å². The Morgan fingerprint density at radius 1 is 1.00 bits per heavy atom. The molecule has 3 heterocycles. The zero-order valence-corrected chi connectivity index (χ0v) is 17.5. The molecule has 0 spiro atoms. The summed E-state index contributed by atoms with van der Waals surface area (Å²) in [5.41, 5.74) is 2.07. The van der Waals surface area contributed by atoms with Crippen LogP contribution in [-0.2, 0) is 20.1 Å². The van der Waals surface area contributed by atoms with Crippen LogP contribution in [0.3, 0.4) is 0 Å². The number of anilines is 2. The highest BCUT2D eigenvalue weighted by Gasteiger charge is 2.27. The van der Waals surface area contributed by atoms with Gasteiger partial charge in [0.2, 0.25) is 5.95 Å². The van der Waals surface area contributed by atoms with Crippen LogP contribution in [0.15, 0.2) is 64.2 Å². The smallest absolute Gasteiger partial charge is 0.332 e. The Hall–Kier alpha value is -3.81. The Morgan fingerprint density at radius 3 is 2.45 bits per heavy atom. The van der Waals surface area contributed by atoms with Crippen molar-refractivity contribution >= 4 is 22.8 Å². The van der Waals surface area contributed by atoms with Gasteiger partial charge in [-0.3, -0.25) is 13.9 Å². The number of imidazole rings is 1. The van der Waals surface area contributed by atoms with Crippen molar-refractivity contribution in [3.8, 4) is 5.75 Å². The first-order valence-corrected chi connectivity index (χ1v) is 10.2. The van der Waals surface area contributed by atoms with Gasteiger partial charge in [0.05, 0.1) is 13.7 Å². The minimum absolute atomic E-state index is 0.227. The number of ether oxygens (including phenoxy) is 1. The van der Waals surface area contributed by atoms with E-state index in [0.29, 0.717) is 23.7 Å². The fourth-order valence-corrected chi connectivity index (χ4v) is 4.18. The predicted molar refractivity (Wildman–Crippen MR) is 119 cm³/mol. The molecule has 2 aromatic carbocycles. The number of hydrogen-bond donors (Lipinski definition) is 0. The van der Waals surface area contributed by atoms with Gasteiger partial charge in [0.25, 0.3) is 5.56 Å². The van der Waals surface area contributed by atoms with Crippen LogP contribution >= 0.6 is 0 Å². The number of methoxy groups -OCH3 is 1. The maximum atomic E-state index is 13.4. The van der Waals surface area contributed by atoms with Gasteiger partial charge in [-0.15, -0.1) is 0 Å². The normalized spacial score (nSPS) is 13.4. The Kier molecular flexibility index (Phi) is 4.62. The topological polar surface area (TPSA) is 74.3 Å². The quantitative estimate of drug-likeness (QED) is 0.510. The van der Waals surface area contributed by atoms with E-state index >= 15 is 0 Å². The largest absolute Gasteiger partial charge is 0.497 e. The lowest BCUT2D eigenvalue weighted by molar-refractivity contribution is 0.415. The van der Waals surface area contributed by atoms with Crippen molar-refractivity contribution in [1.82, 2.24) is 18.7 Å². The molecule has 0 atom stereocenters. The summed E-state index contributed by atoms with van der Waals surface area (Å²) in [6.07, 6.45) is 0.867. The summed E-state index contributed by atoms with van der Waals surface area (Å²) >= 11 is 0. The van der Waals surface area contributed by atoms with Crippen molar-refractivity contribution in [3.63, 3.8) is 0 Å². The van der Waals surface area contributed by atoms with E-state index in [-0.39, 0.29) is 17.8 Å². The lowest BCUT2D eigenvalue weighted by atomic mass is 10.2. The monoisotopic (exact) mass is 417 g/mol. The molecule has 1 aliphatic heterocycles. The SMILES string of the molecule is COc1ccc(N2CCCn3c2nc2c3c(=O)n(Cc3ccccc3)c(=O)n2C)cc1. The average Bonchev–Trinajstić information content (AvgIpc) is 3.21. The van der Waals surface area contributed by atoms with Crippen molar-refractivity contribution in [2.45, 2.75) is 19.5 Å². The van der Waals surface area contributed by atoms with Gasteiger partial charge >= 0.3 is 5.69 Å². The van der Waals surface area contributed by atoms with Crippen LogP contribution in [0.5, 0.6) is 5.75 Å². The first-order valence-electron chi connectivity index (χ1n) is 10.2. The van der Waals surface area contributed by atoms with Gasteiger partial charge in [-0.1, -0.05) is 30.3 Å². The molecule has 31 heavy (non-hydrogen) atoms. The molecule has 8 nitrogen and oxygen atoms in total. The zero-order valence-electron chi connectivity index (χ0n) is 17.5. The highest BCUT2D eigenvalue weighted by atomic mass is 16.5. The van der Waals surface area contributed by atoms with Crippen molar-refractivity contribution < 1.29 is 4.74 Å². The molecule has 5 rings (SSSR count). The molecular weight excluding hydrogens is 394 g/mol. The third kappa shape index (κ3) is 3.11. The fourth-order valence-electron chi connectivity index (χ4n) is 4.18. The number of aryl methyl sites for hydroxylation is 2. The minimum atomic E-state index is -0.368. The van der Waals surface area contributed by atoms with Gasteiger partial charge < -0.3 is 14.2 Å². The predicted octanol–water partition coefficient (Wildman–Crippen LogP) is 2.50. The van der Waals surface area contributed by atoms with Crippen molar-refractivity contribution in [1.29, 1.82) is 0 Å². The molecule has 0 bridgehead atoms. The van der Waals surface area contributed by atoms with Crippen LogP contribution in [-0.4, -0.2) is 32.3 Å². The first-order chi connectivity index (χ1) is 15.1. The van der Waals surface area contributed by atoms with Gasteiger partial charge in [-0.2, -0.15) is 4.98 Å². The first kappa shape index (κ1) is 19.2. The molecule has 0 saturated carbocycles. The second-order valence-corrected chi connectivity index (χ2v) is 7.66. The summed E-state index contributed by atoms with van der Waals surface area (Å²) in [6, 6.07) is 17.3. The van der Waals surface area contributed by atoms with Gasteiger partial charge in [-0.25, -0.2) is 4.79 Å². The summed E-state index contributed by atoms with van der Waals surface area (Å²) < 4.78 is 9.96. The van der Waals surface area contributed by atoms with E-state index in [4.69, 9.17) is 9.72 Å². The standard InChI is InChI=1S/C23H23N5O3/c1-25-20-19(21(29)28(23(25)30)15-16-7-4-3-5-8-16)27-14-6-13-26(22(27)24-20)17-9-11-18(31-2)12-10-17/h3-5,7-12H,6,13-15H2,1-2H3. The molecule has 0 N–H and O–H groups in total. The maximum absolute atomic E-state index is 13.4. The lowest BCUT2D eigenvalue weighted by Gasteiger charge is -2.29. The third-order valence-electron chi connectivity index (χ3n) is 5.78. The number of aromatic nitrogens is 4. The zero-order chi connectivity index (χ0) is 21.5. The van der Waals surface area contributed by atoms with Gasteiger partial charge in [0, 0.05) is 25.8 Å². The highest BCUT2D eigenvalue weighted by molar-refractivity contribution is 5.77. The van der Waals surface area contributed by atoms with Gasteiger partial charge in [0.1, 0.15) is 5.75 Å². The highest BCUT2D eigenvalue weighted by Crippen LogP contribution is 2.31. The van der Waals surface area contributed by atoms with E-state index in [1.165, 1.54) is 9.13 Å². The van der Waals surface area contributed by atoms with E-state index in [9.17, 15) is 9.59 Å². The van der Waals surface area contributed by atoms with Gasteiger partial charge in [0.15, 0.2) is 11.2 Å². The molecule has 0 radical (unpaired) electrons.